The minimum atomic E-state index is -4.55. The molecule has 1 aliphatic heterocycles. The zero-order valence-corrected chi connectivity index (χ0v) is 64.9. The van der Waals surface area contributed by atoms with Gasteiger partial charge in [-0.15, -0.1) is 0 Å². The standard InChI is InChI=1S/C32H30F3N5O.C25H28N4O.C18H14N4O.C17H13N5O/c1-21-7-8-24(17-22(21)9-10-23-18-30(36)38-29-6-4-3-5-27(23)29)31(41)37-26-12-11-25(28(19-26)32(33,34)35)20-40-15-13-39(2)14-16-40;1-4-29(5-2)15-14-27-25(30)21-11-10-18(3)19(16-21)12-13-20-17-24(26)28-23-9-7-6-8-22(20)23;19-17(22-23)13-8-5-12(6-9-13)7-10-14-11-21-18(20)16-4-2-1-3-15(14)16;18-16(22-23)12-6-3-11(4-7-12)5-8-13-10-21-17(19)15-14(13)2-1-9-20-15/h3-8,11-12,17-19H,13-16,20H2,1-2H3,(H2,36,38)(H,37,41);6-11,16-17H,4-5,14-15H2,1-3H3,(H2,26,28)(H,27,30);1-6,8-9,11,23H,(H2,19,22)(H2,20,21);1-4,6-7,9-10,23H,(H2,18,22)(H2,19,21). The fourth-order valence-electron chi connectivity index (χ4n) is 12.5. The summed E-state index contributed by atoms with van der Waals surface area (Å²) in [5, 5.41) is 33.4. The molecule has 0 radical (unpaired) electrons. The maximum atomic E-state index is 14.0. The summed E-state index contributed by atoms with van der Waals surface area (Å²) in [5.41, 5.74) is 46.6. The number of rotatable bonds is 12. The van der Waals surface area contributed by atoms with Gasteiger partial charge in [-0.05, 0) is 172 Å². The number of hydrogen-bond donors (Lipinski definition) is 10. The van der Waals surface area contributed by atoms with Crippen LogP contribution in [0.4, 0.5) is 42.1 Å². The van der Waals surface area contributed by atoms with Crippen molar-refractivity contribution >= 4 is 95.9 Å². The fraction of sp³-hybridized carbons (Fsp3) is 0.163. The fourth-order valence-corrected chi connectivity index (χ4v) is 12.5. The number of carbonyl (C=O) groups excluding carboxylic acids is 2. The van der Waals surface area contributed by atoms with E-state index in [4.69, 9.17) is 44.8 Å². The number of aryl methyl sites for hydroxylation is 2. The second-order valence-corrected chi connectivity index (χ2v) is 27.2. The molecule has 0 spiro atoms. The van der Waals surface area contributed by atoms with Crippen molar-refractivity contribution in [1.29, 1.82) is 0 Å². The molecule has 13 aromatic rings. The highest BCUT2D eigenvalue weighted by Gasteiger charge is 2.34. The molecule has 117 heavy (non-hydrogen) atoms. The lowest BCUT2D eigenvalue weighted by molar-refractivity contribution is -0.138. The van der Waals surface area contributed by atoms with Crippen LogP contribution < -0.4 is 45.0 Å². The van der Waals surface area contributed by atoms with E-state index in [0.717, 1.165) is 121 Å². The highest BCUT2D eigenvalue weighted by Crippen LogP contribution is 2.35. The lowest BCUT2D eigenvalue weighted by atomic mass is 10.0. The number of nitrogens with one attached hydrogen (secondary N) is 2. The first kappa shape index (κ1) is 83.1. The van der Waals surface area contributed by atoms with Gasteiger partial charge in [-0.3, -0.25) is 19.5 Å². The molecule has 8 aromatic carbocycles. The van der Waals surface area contributed by atoms with E-state index in [1.807, 2.05) is 141 Å². The molecule has 0 bridgehead atoms. The van der Waals surface area contributed by atoms with Crippen LogP contribution in [-0.4, -0.2) is 133 Å². The number of alkyl halides is 3. The number of halogens is 3. The average molecular weight is 1560 g/mol. The van der Waals surface area contributed by atoms with Gasteiger partial charge in [0.05, 0.1) is 27.7 Å². The lowest BCUT2D eigenvalue weighted by Gasteiger charge is -2.33. The molecule has 16 N–H and O–H groups in total. The first-order valence-electron chi connectivity index (χ1n) is 37.3. The van der Waals surface area contributed by atoms with E-state index >= 15 is 0 Å². The molecule has 1 aliphatic rings. The molecule has 5 aromatic heterocycles. The van der Waals surface area contributed by atoms with Crippen molar-refractivity contribution in [2.24, 2.45) is 21.8 Å². The van der Waals surface area contributed by atoms with Crippen LogP contribution >= 0.6 is 0 Å². The number of amides is 2. The van der Waals surface area contributed by atoms with Gasteiger partial charge in [0.2, 0.25) is 0 Å². The number of fused-ring (bicyclic) bond motifs is 4. The molecule has 6 heterocycles. The summed E-state index contributed by atoms with van der Waals surface area (Å²) in [4.78, 5) is 53.3. The number of nitrogens with zero attached hydrogens (tertiary/aromatic N) is 10. The van der Waals surface area contributed by atoms with Crippen LogP contribution in [0, 0.1) is 61.2 Å². The van der Waals surface area contributed by atoms with E-state index < -0.39 is 17.6 Å². The Bertz CT molecular complexity index is 6000. The third-order valence-electron chi connectivity index (χ3n) is 19.2. The van der Waals surface area contributed by atoms with Crippen LogP contribution in [0.1, 0.15) is 112 Å². The molecule has 25 heteroatoms. The van der Waals surface area contributed by atoms with Crippen LogP contribution in [0.15, 0.2) is 229 Å². The van der Waals surface area contributed by atoms with E-state index in [0.29, 0.717) is 76.2 Å². The molecule has 1 fully saturated rings. The summed E-state index contributed by atoms with van der Waals surface area (Å²) in [6.07, 6.45) is 0.436. The Morgan fingerprint density at radius 3 is 1.49 bits per heavy atom. The quantitative estimate of drug-likeness (QED) is 0.0179. The molecule has 588 valence electrons. The number of hydrogen-bond acceptors (Lipinski definition) is 18. The number of pyridine rings is 5. The third-order valence-corrected chi connectivity index (χ3v) is 19.2. The van der Waals surface area contributed by atoms with Crippen LogP contribution in [0.2, 0.25) is 0 Å². The lowest BCUT2D eigenvalue weighted by Crippen LogP contribution is -2.44. The molecule has 0 saturated carbocycles. The zero-order valence-electron chi connectivity index (χ0n) is 64.9. The van der Waals surface area contributed by atoms with Gasteiger partial charge in [-0.1, -0.05) is 150 Å². The molecular formula is C92H85F3N18O4. The number of para-hydroxylation sites is 2. The zero-order chi connectivity index (χ0) is 83.1. The Hall–Kier alpha value is -14.9. The molecule has 0 aliphatic carbocycles. The minimum absolute atomic E-state index is 0.0595. The summed E-state index contributed by atoms with van der Waals surface area (Å²) in [5.74, 6) is 26.2. The van der Waals surface area contributed by atoms with Gasteiger partial charge in [0, 0.05) is 153 Å². The smallest absolute Gasteiger partial charge is 0.409 e. The predicted octanol–water partition coefficient (Wildman–Crippen LogP) is 13.2. The maximum Gasteiger partial charge on any atom is 0.416 e. The SMILES string of the molecule is CCN(CC)CCNC(=O)c1ccc(C)c(C#Cc2cc(N)nc3ccccc23)c1.Cc1ccc(C(=O)Nc2ccc(CN3CCN(C)CC3)c(C(F)(F)F)c2)cc1C#Cc1cc(N)nc2ccccc12.NC(=NO)c1ccc(C#Cc2cnc(N)c3ccccc23)cc1.NC(=NO)c1ccc(C#Cc2cnc(N)c3ncccc23)cc1. The van der Waals surface area contributed by atoms with Crippen molar-refractivity contribution in [1.82, 2.24) is 44.9 Å². The van der Waals surface area contributed by atoms with Gasteiger partial charge in [-0.2, -0.15) is 13.2 Å². The van der Waals surface area contributed by atoms with Gasteiger partial charge in [0.25, 0.3) is 11.8 Å². The molecule has 2 amide bonds. The number of aromatic nitrogens is 5. The van der Waals surface area contributed by atoms with Crippen molar-refractivity contribution in [3.05, 3.63) is 308 Å². The van der Waals surface area contributed by atoms with E-state index in [1.165, 1.54) is 12.1 Å². The molecule has 1 saturated heterocycles. The average Bonchev–Trinajstić information content (AvgIpc) is 0.821. The van der Waals surface area contributed by atoms with Crippen LogP contribution in [0.3, 0.4) is 0 Å². The van der Waals surface area contributed by atoms with E-state index in [9.17, 15) is 22.8 Å². The van der Waals surface area contributed by atoms with Crippen molar-refractivity contribution in [3.8, 4) is 47.4 Å². The first-order valence-corrected chi connectivity index (χ1v) is 37.3. The molecule has 0 atom stereocenters. The van der Waals surface area contributed by atoms with Crippen LogP contribution in [0.5, 0.6) is 0 Å². The normalized spacial score (nSPS) is 12.1. The monoisotopic (exact) mass is 1560 g/mol. The molecule has 14 rings (SSSR count). The Kier molecular flexibility index (Phi) is 27.7. The maximum absolute atomic E-state index is 14.0. The van der Waals surface area contributed by atoms with Crippen molar-refractivity contribution < 1.29 is 33.2 Å². The van der Waals surface area contributed by atoms with Gasteiger partial charge in [0.1, 0.15) is 28.8 Å². The number of piperazine rings is 1. The Morgan fingerprint density at radius 1 is 0.504 bits per heavy atom. The number of oxime groups is 2. The van der Waals surface area contributed by atoms with Crippen molar-refractivity contribution in [2.75, 3.05) is 87.7 Å². The highest BCUT2D eigenvalue weighted by atomic mass is 19.4. The Balaban J connectivity index is 0.000000158. The van der Waals surface area contributed by atoms with E-state index in [-0.39, 0.29) is 40.9 Å². The summed E-state index contributed by atoms with van der Waals surface area (Å²) < 4.78 is 41.9. The van der Waals surface area contributed by atoms with E-state index in [1.54, 1.807) is 85.3 Å². The topological polar surface area (TPSA) is 354 Å². The molecular weight excluding hydrogens is 1480 g/mol. The number of amidine groups is 2. The summed E-state index contributed by atoms with van der Waals surface area (Å²) >= 11 is 0. The molecule has 22 nitrogen and oxygen atoms in total. The minimum Gasteiger partial charge on any atom is -0.409 e. The Labute approximate surface area is 675 Å². The summed E-state index contributed by atoms with van der Waals surface area (Å²) in [6, 6.07) is 59.1. The third kappa shape index (κ3) is 22.1. The summed E-state index contributed by atoms with van der Waals surface area (Å²) in [6.45, 7) is 14.8. The van der Waals surface area contributed by atoms with Gasteiger partial charge in [-0.25, -0.2) is 19.9 Å². The number of nitrogen functional groups attached to an aromatic ring is 4. The largest absolute Gasteiger partial charge is 0.416 e. The van der Waals surface area contributed by atoms with Crippen LogP contribution in [-0.2, 0) is 12.7 Å². The van der Waals surface area contributed by atoms with Gasteiger partial charge >= 0.3 is 6.18 Å². The number of likely N-dealkylation sites (N-methyl/N-ethyl adjacent to an activating group) is 2. The van der Waals surface area contributed by atoms with Crippen LogP contribution in [0.25, 0.3) is 43.5 Å². The van der Waals surface area contributed by atoms with Gasteiger partial charge < -0.3 is 65.2 Å². The number of carbonyl (C=O) groups is 2. The highest BCUT2D eigenvalue weighted by molar-refractivity contribution is 6.05. The predicted molar refractivity (Wildman–Crippen MR) is 459 cm³/mol. The second kappa shape index (κ2) is 39.1. The number of anilines is 5. The van der Waals surface area contributed by atoms with Crippen molar-refractivity contribution in [3.63, 3.8) is 0 Å². The van der Waals surface area contributed by atoms with E-state index in [2.05, 4.69) is 117 Å². The number of nitrogens with two attached hydrogens (primary N) is 6. The van der Waals surface area contributed by atoms with Gasteiger partial charge in [0.15, 0.2) is 11.7 Å². The Morgan fingerprint density at radius 2 is 0.966 bits per heavy atom. The summed E-state index contributed by atoms with van der Waals surface area (Å²) in [7, 11) is 2.00. The molecule has 0 unspecified atom stereocenters. The number of benzene rings is 8. The second-order valence-electron chi connectivity index (χ2n) is 27.2. The first-order chi connectivity index (χ1) is 56.4. The van der Waals surface area contributed by atoms with Crippen molar-refractivity contribution in [2.45, 2.75) is 40.4 Å².